The summed E-state index contributed by atoms with van der Waals surface area (Å²) in [4.78, 5) is 29.7. The second kappa shape index (κ2) is 12.0. The van der Waals surface area contributed by atoms with Gasteiger partial charge in [0, 0.05) is 43.6 Å². The number of piperazine rings is 1. The molecule has 6 nitrogen and oxygen atoms in total. The number of nitrogens with one attached hydrogen (secondary N) is 2. The van der Waals surface area contributed by atoms with E-state index in [0.29, 0.717) is 19.0 Å². The standard InChI is InChI=1S/C28H30N4O2S2/c1-20(2)22-8-5-21(6-9-22)7-14-26(33)30-28(35)29-23-10-12-24(13-11-23)31-15-17-32(18-16-31)27(34)25-4-3-19-36-25/h3-14,19-20H,15-18H2,1-2H3,(H2,29,30,33,35). The van der Waals surface area contributed by atoms with E-state index in [-0.39, 0.29) is 16.9 Å². The first-order valence-corrected chi connectivity index (χ1v) is 13.3. The summed E-state index contributed by atoms with van der Waals surface area (Å²) >= 11 is 6.78. The molecule has 186 valence electrons. The van der Waals surface area contributed by atoms with Crippen LogP contribution in [0.25, 0.3) is 6.08 Å². The van der Waals surface area contributed by atoms with Crippen LogP contribution in [0.5, 0.6) is 0 Å². The SMILES string of the molecule is CC(C)c1ccc(C=CC(=O)NC(=S)Nc2ccc(N3CCN(C(=O)c4cccs4)CC3)cc2)cc1. The van der Waals surface area contributed by atoms with Gasteiger partial charge in [0.2, 0.25) is 5.91 Å². The molecular weight excluding hydrogens is 488 g/mol. The summed E-state index contributed by atoms with van der Waals surface area (Å²) in [5.74, 6) is 0.298. The highest BCUT2D eigenvalue weighted by Gasteiger charge is 2.22. The third kappa shape index (κ3) is 6.80. The fourth-order valence-electron chi connectivity index (χ4n) is 3.96. The predicted molar refractivity (Wildman–Crippen MR) is 153 cm³/mol. The van der Waals surface area contributed by atoms with Gasteiger partial charge in [-0.2, -0.15) is 0 Å². The average Bonchev–Trinajstić information content (AvgIpc) is 3.43. The first-order chi connectivity index (χ1) is 17.4. The van der Waals surface area contributed by atoms with E-state index in [9.17, 15) is 9.59 Å². The first kappa shape index (κ1) is 25.6. The smallest absolute Gasteiger partial charge is 0.264 e. The monoisotopic (exact) mass is 518 g/mol. The Labute approximate surface area is 221 Å². The molecule has 36 heavy (non-hydrogen) atoms. The molecule has 1 fully saturated rings. The van der Waals surface area contributed by atoms with Gasteiger partial charge in [-0.3, -0.25) is 14.9 Å². The van der Waals surface area contributed by atoms with Crippen LogP contribution in [-0.4, -0.2) is 48.0 Å². The van der Waals surface area contributed by atoms with Gasteiger partial charge in [-0.1, -0.05) is 44.2 Å². The molecule has 2 N–H and O–H groups in total. The van der Waals surface area contributed by atoms with Gasteiger partial charge in [-0.15, -0.1) is 11.3 Å². The van der Waals surface area contributed by atoms with Gasteiger partial charge in [0.1, 0.15) is 0 Å². The highest BCUT2D eigenvalue weighted by molar-refractivity contribution is 7.80. The minimum atomic E-state index is -0.285. The van der Waals surface area contributed by atoms with E-state index in [0.717, 1.165) is 34.9 Å². The van der Waals surface area contributed by atoms with Crippen molar-refractivity contribution in [2.24, 2.45) is 0 Å². The van der Waals surface area contributed by atoms with Crippen LogP contribution in [0.2, 0.25) is 0 Å². The zero-order chi connectivity index (χ0) is 25.5. The molecule has 0 bridgehead atoms. The van der Waals surface area contributed by atoms with Crippen molar-refractivity contribution in [3.8, 4) is 0 Å². The van der Waals surface area contributed by atoms with Crippen molar-refractivity contribution in [3.05, 3.63) is 88.1 Å². The lowest BCUT2D eigenvalue weighted by atomic mass is 10.0. The Balaban J connectivity index is 1.23. The van der Waals surface area contributed by atoms with Gasteiger partial charge >= 0.3 is 0 Å². The highest BCUT2D eigenvalue weighted by Crippen LogP contribution is 2.21. The number of nitrogens with zero attached hydrogens (tertiary/aromatic N) is 2. The van der Waals surface area contributed by atoms with Crippen LogP contribution in [0.4, 0.5) is 11.4 Å². The van der Waals surface area contributed by atoms with E-state index in [1.54, 1.807) is 6.08 Å². The third-order valence-corrected chi connectivity index (χ3v) is 7.12. The number of hydrogen-bond acceptors (Lipinski definition) is 5. The molecular formula is C28H30N4O2S2. The first-order valence-electron chi connectivity index (χ1n) is 12.0. The second-order valence-electron chi connectivity index (χ2n) is 8.90. The molecule has 0 atom stereocenters. The van der Waals surface area contributed by atoms with Gasteiger partial charge in [-0.25, -0.2) is 0 Å². The zero-order valence-electron chi connectivity index (χ0n) is 20.4. The van der Waals surface area contributed by atoms with Crippen LogP contribution in [0.1, 0.15) is 40.6 Å². The molecule has 0 spiro atoms. The fraction of sp³-hybridized carbons (Fsp3) is 0.250. The molecule has 4 rings (SSSR count). The molecule has 1 aromatic heterocycles. The molecule has 2 amide bonds. The minimum Gasteiger partial charge on any atom is -0.368 e. The Morgan fingerprint density at radius 2 is 1.67 bits per heavy atom. The van der Waals surface area contributed by atoms with Crippen LogP contribution in [0.15, 0.2) is 72.1 Å². The summed E-state index contributed by atoms with van der Waals surface area (Å²) in [6, 6.07) is 19.8. The summed E-state index contributed by atoms with van der Waals surface area (Å²) in [7, 11) is 0. The van der Waals surface area contributed by atoms with Crippen molar-refractivity contribution in [1.29, 1.82) is 0 Å². The number of amides is 2. The number of hydrogen-bond donors (Lipinski definition) is 2. The lowest BCUT2D eigenvalue weighted by Crippen LogP contribution is -2.48. The zero-order valence-corrected chi connectivity index (χ0v) is 22.1. The average molecular weight is 519 g/mol. The molecule has 0 unspecified atom stereocenters. The van der Waals surface area contributed by atoms with E-state index < -0.39 is 0 Å². The van der Waals surface area contributed by atoms with Crippen molar-refractivity contribution >= 4 is 57.9 Å². The summed E-state index contributed by atoms with van der Waals surface area (Å²) < 4.78 is 0. The summed E-state index contributed by atoms with van der Waals surface area (Å²) in [6.07, 6.45) is 3.24. The lowest BCUT2D eigenvalue weighted by molar-refractivity contribution is -0.115. The van der Waals surface area contributed by atoms with E-state index in [1.807, 2.05) is 58.8 Å². The number of rotatable bonds is 6. The molecule has 2 aromatic carbocycles. The topological polar surface area (TPSA) is 64.7 Å². The van der Waals surface area contributed by atoms with E-state index in [2.05, 4.69) is 41.5 Å². The van der Waals surface area contributed by atoms with Crippen molar-refractivity contribution < 1.29 is 9.59 Å². The molecule has 1 saturated heterocycles. The minimum absolute atomic E-state index is 0.110. The van der Waals surface area contributed by atoms with Crippen LogP contribution < -0.4 is 15.5 Å². The Morgan fingerprint density at radius 3 is 2.28 bits per heavy atom. The maximum absolute atomic E-state index is 12.5. The number of carbonyl (C=O) groups excluding carboxylic acids is 2. The van der Waals surface area contributed by atoms with E-state index in [1.165, 1.54) is 23.0 Å². The molecule has 1 aliphatic heterocycles. The molecule has 1 aliphatic rings. The highest BCUT2D eigenvalue weighted by atomic mass is 32.1. The summed E-state index contributed by atoms with van der Waals surface area (Å²) in [6.45, 7) is 7.26. The lowest BCUT2D eigenvalue weighted by Gasteiger charge is -2.36. The second-order valence-corrected chi connectivity index (χ2v) is 10.3. The van der Waals surface area contributed by atoms with Crippen LogP contribution >= 0.6 is 23.6 Å². The van der Waals surface area contributed by atoms with E-state index >= 15 is 0 Å². The predicted octanol–water partition coefficient (Wildman–Crippen LogP) is 5.36. The van der Waals surface area contributed by atoms with Crippen molar-refractivity contribution in [2.75, 3.05) is 36.4 Å². The molecule has 0 radical (unpaired) electrons. The fourth-order valence-corrected chi connectivity index (χ4v) is 4.87. The number of thiocarbonyl (C=S) groups is 1. The van der Waals surface area contributed by atoms with E-state index in [4.69, 9.17) is 12.2 Å². The van der Waals surface area contributed by atoms with Gasteiger partial charge in [0.05, 0.1) is 4.88 Å². The maximum Gasteiger partial charge on any atom is 0.264 e. The molecule has 2 heterocycles. The largest absolute Gasteiger partial charge is 0.368 e. The Hall–Kier alpha value is -3.49. The number of carbonyl (C=O) groups is 2. The molecule has 8 heteroatoms. The Morgan fingerprint density at radius 1 is 0.972 bits per heavy atom. The number of benzene rings is 2. The summed E-state index contributed by atoms with van der Waals surface area (Å²) in [5.41, 5.74) is 4.11. The molecule has 0 saturated carbocycles. The van der Waals surface area contributed by atoms with Gasteiger partial charge in [-0.05, 0) is 71.1 Å². The Kier molecular flexibility index (Phi) is 8.51. The normalized spacial score (nSPS) is 13.8. The molecule has 3 aromatic rings. The van der Waals surface area contributed by atoms with Crippen LogP contribution in [0.3, 0.4) is 0 Å². The van der Waals surface area contributed by atoms with Crippen LogP contribution in [0, 0.1) is 0 Å². The van der Waals surface area contributed by atoms with Gasteiger partial charge < -0.3 is 15.1 Å². The van der Waals surface area contributed by atoms with Gasteiger partial charge in [0.25, 0.3) is 5.91 Å². The molecule has 0 aliphatic carbocycles. The Bertz CT molecular complexity index is 1210. The van der Waals surface area contributed by atoms with Crippen molar-refractivity contribution in [2.45, 2.75) is 19.8 Å². The van der Waals surface area contributed by atoms with Crippen molar-refractivity contribution in [1.82, 2.24) is 10.2 Å². The van der Waals surface area contributed by atoms with Gasteiger partial charge in [0.15, 0.2) is 5.11 Å². The summed E-state index contributed by atoms with van der Waals surface area (Å²) in [5, 5.41) is 7.91. The maximum atomic E-state index is 12.5. The number of thiophene rings is 1. The number of anilines is 2. The van der Waals surface area contributed by atoms with Crippen molar-refractivity contribution in [3.63, 3.8) is 0 Å². The third-order valence-electron chi connectivity index (χ3n) is 6.06. The van der Waals surface area contributed by atoms with Crippen LogP contribution in [-0.2, 0) is 4.79 Å². The quantitative estimate of drug-likeness (QED) is 0.340.